The number of carbonyl (C=O) groups is 1. The van der Waals surface area contributed by atoms with E-state index in [-0.39, 0.29) is 11.6 Å². The van der Waals surface area contributed by atoms with Crippen molar-refractivity contribution < 1.29 is 4.79 Å². The molecule has 27 heavy (non-hydrogen) atoms. The number of nitrogens with one attached hydrogen (secondary N) is 1. The number of nitriles is 1. The largest absolute Gasteiger partial charge is 0.348 e. The first kappa shape index (κ1) is 20.2. The van der Waals surface area contributed by atoms with Crippen molar-refractivity contribution in [2.24, 2.45) is 0 Å². The molecule has 7 heteroatoms. The third-order valence-corrected chi connectivity index (χ3v) is 4.48. The van der Waals surface area contributed by atoms with Gasteiger partial charge >= 0.3 is 5.69 Å². The van der Waals surface area contributed by atoms with Gasteiger partial charge in [-0.25, -0.2) is 9.36 Å². The molecular weight excluding hydrogens is 344 g/mol. The van der Waals surface area contributed by atoms with Crippen LogP contribution in [0.1, 0.15) is 56.3 Å². The van der Waals surface area contributed by atoms with Crippen molar-refractivity contribution in [2.75, 3.05) is 0 Å². The molecule has 1 aromatic carbocycles. The maximum atomic E-state index is 12.4. The number of carbonyl (C=O) groups excluding carboxylic acids is 1. The van der Waals surface area contributed by atoms with E-state index in [0.29, 0.717) is 12.5 Å². The summed E-state index contributed by atoms with van der Waals surface area (Å²) in [7, 11) is 0. The lowest BCUT2D eigenvalue weighted by Crippen LogP contribution is -2.44. The standard InChI is InChI=1S/C20H24N4O3/c1-5-23-11-17(10-21)19(26)24(20(23)27)12-18(25)22-14(4)16-8-6-15(7-9-16)13(2)3/h6-9,11,13-14H,5,12H2,1-4H3,(H,22,25)/t14-/m0/s1. The quantitative estimate of drug-likeness (QED) is 0.842. The number of benzene rings is 1. The molecule has 0 aliphatic heterocycles. The summed E-state index contributed by atoms with van der Waals surface area (Å²) < 4.78 is 2.03. The fourth-order valence-electron chi connectivity index (χ4n) is 2.78. The van der Waals surface area contributed by atoms with Crippen LogP contribution in [0, 0.1) is 11.3 Å². The molecule has 1 N–H and O–H groups in total. The van der Waals surface area contributed by atoms with Crippen LogP contribution in [0.3, 0.4) is 0 Å². The summed E-state index contributed by atoms with van der Waals surface area (Å²) in [4.78, 5) is 36.9. The zero-order valence-electron chi connectivity index (χ0n) is 16.0. The number of amides is 1. The van der Waals surface area contributed by atoms with Gasteiger partial charge in [0.15, 0.2) is 0 Å². The van der Waals surface area contributed by atoms with Crippen LogP contribution in [0.4, 0.5) is 0 Å². The average Bonchev–Trinajstić information content (AvgIpc) is 2.65. The van der Waals surface area contributed by atoms with Crippen molar-refractivity contribution in [1.82, 2.24) is 14.5 Å². The lowest BCUT2D eigenvalue weighted by atomic mass is 9.99. The molecule has 0 unspecified atom stereocenters. The van der Waals surface area contributed by atoms with Crippen LogP contribution in [0.5, 0.6) is 0 Å². The van der Waals surface area contributed by atoms with Crippen molar-refractivity contribution in [3.8, 4) is 6.07 Å². The second-order valence-electron chi connectivity index (χ2n) is 6.73. The Balaban J connectivity index is 2.19. The van der Waals surface area contributed by atoms with E-state index in [4.69, 9.17) is 5.26 Å². The second kappa shape index (κ2) is 8.49. The average molecular weight is 368 g/mol. The molecular formula is C20H24N4O3. The van der Waals surface area contributed by atoms with Crippen LogP contribution in [-0.2, 0) is 17.9 Å². The Morgan fingerprint density at radius 3 is 2.26 bits per heavy atom. The maximum absolute atomic E-state index is 12.4. The van der Waals surface area contributed by atoms with Gasteiger partial charge in [0.25, 0.3) is 5.56 Å². The Bertz CT molecular complexity index is 978. The first-order valence-corrected chi connectivity index (χ1v) is 8.92. The summed E-state index contributed by atoms with van der Waals surface area (Å²) in [6.07, 6.45) is 1.22. The van der Waals surface area contributed by atoms with Crippen molar-refractivity contribution in [2.45, 2.75) is 52.7 Å². The highest BCUT2D eigenvalue weighted by molar-refractivity contribution is 5.76. The minimum atomic E-state index is -0.753. The number of hydrogen-bond acceptors (Lipinski definition) is 4. The van der Waals surface area contributed by atoms with Crippen molar-refractivity contribution in [1.29, 1.82) is 5.26 Å². The Labute approximate surface area is 157 Å². The summed E-state index contributed by atoms with van der Waals surface area (Å²) in [5.74, 6) is -0.0450. The zero-order chi connectivity index (χ0) is 20.1. The summed E-state index contributed by atoms with van der Waals surface area (Å²) in [6, 6.07) is 9.43. The lowest BCUT2D eigenvalue weighted by molar-refractivity contribution is -0.122. The number of nitrogens with zero attached hydrogens (tertiary/aromatic N) is 3. The SMILES string of the molecule is CCn1cc(C#N)c(=O)n(CC(=O)N[C@@H](C)c2ccc(C(C)C)cc2)c1=O. The van der Waals surface area contributed by atoms with E-state index in [1.807, 2.05) is 31.2 Å². The Morgan fingerprint density at radius 2 is 1.74 bits per heavy atom. The fraction of sp³-hybridized carbons (Fsp3) is 0.400. The molecule has 0 aliphatic carbocycles. The van der Waals surface area contributed by atoms with E-state index in [0.717, 1.165) is 10.1 Å². The van der Waals surface area contributed by atoms with Gasteiger partial charge in [0.1, 0.15) is 18.2 Å². The van der Waals surface area contributed by atoms with Gasteiger partial charge in [0.05, 0.1) is 6.04 Å². The van der Waals surface area contributed by atoms with Crippen LogP contribution < -0.4 is 16.6 Å². The van der Waals surface area contributed by atoms with Crippen molar-refractivity contribution >= 4 is 5.91 Å². The molecule has 7 nitrogen and oxygen atoms in total. The maximum Gasteiger partial charge on any atom is 0.331 e. The first-order chi connectivity index (χ1) is 12.8. The highest BCUT2D eigenvalue weighted by atomic mass is 16.2. The van der Waals surface area contributed by atoms with Crippen LogP contribution in [0.15, 0.2) is 40.1 Å². The van der Waals surface area contributed by atoms with Gasteiger partial charge in [-0.1, -0.05) is 38.1 Å². The van der Waals surface area contributed by atoms with Gasteiger partial charge in [-0.05, 0) is 30.9 Å². The van der Waals surface area contributed by atoms with Crippen LogP contribution >= 0.6 is 0 Å². The van der Waals surface area contributed by atoms with Gasteiger partial charge in [-0.2, -0.15) is 5.26 Å². The molecule has 1 heterocycles. The molecule has 0 spiro atoms. The predicted molar refractivity (Wildman–Crippen MR) is 102 cm³/mol. The summed E-state index contributed by atoms with van der Waals surface area (Å²) >= 11 is 0. The molecule has 1 aromatic heterocycles. The molecule has 0 aliphatic rings. The van der Waals surface area contributed by atoms with Gasteiger partial charge in [0.2, 0.25) is 5.91 Å². The minimum absolute atomic E-state index is 0.165. The van der Waals surface area contributed by atoms with Crippen molar-refractivity contribution in [3.05, 3.63) is 68.0 Å². The highest BCUT2D eigenvalue weighted by Gasteiger charge is 2.16. The van der Waals surface area contributed by atoms with Gasteiger partial charge in [0, 0.05) is 12.7 Å². The van der Waals surface area contributed by atoms with E-state index in [9.17, 15) is 14.4 Å². The lowest BCUT2D eigenvalue weighted by Gasteiger charge is -2.16. The zero-order valence-corrected chi connectivity index (χ0v) is 16.0. The van der Waals surface area contributed by atoms with Crippen molar-refractivity contribution in [3.63, 3.8) is 0 Å². The third kappa shape index (κ3) is 4.53. The molecule has 1 amide bonds. The Kier molecular flexibility index (Phi) is 6.35. The number of rotatable bonds is 6. The number of hydrogen-bond donors (Lipinski definition) is 1. The first-order valence-electron chi connectivity index (χ1n) is 8.92. The molecule has 2 aromatic rings. The van der Waals surface area contributed by atoms with Gasteiger partial charge < -0.3 is 5.32 Å². The molecule has 0 saturated heterocycles. The molecule has 0 saturated carbocycles. The van der Waals surface area contributed by atoms with Crippen LogP contribution in [0.25, 0.3) is 0 Å². The molecule has 2 rings (SSSR count). The molecule has 0 fully saturated rings. The van der Waals surface area contributed by atoms with Crippen LogP contribution in [0.2, 0.25) is 0 Å². The normalized spacial score (nSPS) is 11.9. The minimum Gasteiger partial charge on any atom is -0.348 e. The monoisotopic (exact) mass is 368 g/mol. The summed E-state index contributed by atoms with van der Waals surface area (Å²) in [5, 5.41) is 11.9. The third-order valence-electron chi connectivity index (χ3n) is 4.48. The van der Waals surface area contributed by atoms with E-state index < -0.39 is 23.7 Å². The molecule has 0 bridgehead atoms. The molecule has 0 radical (unpaired) electrons. The molecule has 142 valence electrons. The molecule has 1 atom stereocenters. The van der Waals surface area contributed by atoms with Crippen LogP contribution in [-0.4, -0.2) is 15.0 Å². The summed E-state index contributed by atoms with van der Waals surface area (Å²) in [6.45, 7) is 7.64. The predicted octanol–water partition coefficient (Wildman–Crippen LogP) is 1.90. The highest BCUT2D eigenvalue weighted by Crippen LogP contribution is 2.18. The second-order valence-corrected chi connectivity index (χ2v) is 6.73. The van der Waals surface area contributed by atoms with E-state index in [1.54, 1.807) is 13.0 Å². The number of aryl methyl sites for hydroxylation is 1. The van der Waals surface area contributed by atoms with Gasteiger partial charge in [-0.3, -0.25) is 14.2 Å². The van der Waals surface area contributed by atoms with E-state index in [2.05, 4.69) is 19.2 Å². The van der Waals surface area contributed by atoms with E-state index in [1.165, 1.54) is 16.3 Å². The summed E-state index contributed by atoms with van der Waals surface area (Å²) in [5.41, 5.74) is 0.609. The fourth-order valence-corrected chi connectivity index (χ4v) is 2.78. The Morgan fingerprint density at radius 1 is 1.15 bits per heavy atom. The Hall–Kier alpha value is -3.14. The van der Waals surface area contributed by atoms with E-state index >= 15 is 0 Å². The topological polar surface area (TPSA) is 96.9 Å². The van der Waals surface area contributed by atoms with Gasteiger partial charge in [-0.15, -0.1) is 0 Å². The smallest absolute Gasteiger partial charge is 0.331 e. The number of aromatic nitrogens is 2.